The van der Waals surface area contributed by atoms with Gasteiger partial charge in [-0.15, -0.1) is 0 Å². The lowest BCUT2D eigenvalue weighted by Crippen LogP contribution is -2.62. The number of nitrogens with one attached hydrogen (secondary N) is 11. The van der Waals surface area contributed by atoms with Gasteiger partial charge in [-0.05, 0) is 228 Å². The van der Waals surface area contributed by atoms with E-state index in [0.29, 0.717) is 95.9 Å². The number of amides is 12. The van der Waals surface area contributed by atoms with E-state index in [0.717, 1.165) is 51.1 Å². The molecule has 5 aliphatic carbocycles. The van der Waals surface area contributed by atoms with Crippen molar-refractivity contribution in [2.45, 2.75) is 295 Å². The van der Waals surface area contributed by atoms with Crippen molar-refractivity contribution < 1.29 is 86.6 Å². The Bertz CT molecular complexity index is 5210. The standard InChI is InChI=1S/C105H144N14O17S2/c1-61(2)23-19-24-63(5)76-41-42-77-75-40-37-71-55-73(43-45-104(71,10)78(75)44-46-105(76,77)11)135-88(122)57-108-98(130)90(64(6)120)116-96(128)85-60-138-137-59-84(113-93(125)82(53-66-33-36-67-25-13-14-26-68(67)51-66)112-97(129)86-31-21-49-118(86)101(133)87-32-22-50-119(87)100(132)69-27-20-48-117(12)58-69)95(127)110-81(52-65-34-38-72(121)39-35-65)92(124)111-83(54-70-56-107-79-29-16-15-28-74(70)79)94(126)109-80(91(123)115-89(62(3)4)99(131)114-85)30-17-18-47-106-102(134)136-103(7,8)9/h13-16,20,25-29,33-39,48,51,56,58,61-64,73-87,89-90,107,120H,17-19,21-24,30-32,40-47,49-50,52-55,57,59-60H2,1-12H3,(H10-,106,108,109,110,111,112,113,114,115,116,121,123,124,125,126,127,128,129,130,131,134)/p+1. The maximum absolute atomic E-state index is 15.9. The molecule has 138 heavy (non-hydrogen) atoms. The number of likely N-dealkylation sites (tertiary alicyclic amines) is 2. The van der Waals surface area contributed by atoms with Crippen LogP contribution in [0.1, 0.15) is 220 Å². The molecule has 0 spiro atoms. The second kappa shape index (κ2) is 47.0. The Morgan fingerprint density at radius 3 is 2.09 bits per heavy atom. The molecule has 0 bridgehead atoms. The first-order valence-electron chi connectivity index (χ1n) is 49.9. The highest BCUT2D eigenvalue weighted by Gasteiger charge is 2.60. The zero-order chi connectivity index (χ0) is 99.0. The second-order valence-corrected chi connectivity index (χ2v) is 44.5. The molecule has 31 nitrogen and oxygen atoms in total. The molecule has 13 rings (SSSR count). The Morgan fingerprint density at radius 1 is 0.667 bits per heavy atom. The molecule has 3 saturated carbocycles. The zero-order valence-corrected chi connectivity index (χ0v) is 83.6. The zero-order valence-electron chi connectivity index (χ0n) is 82.0. The first-order valence-corrected chi connectivity index (χ1v) is 52.4. The molecule has 4 aliphatic heterocycles. The summed E-state index contributed by atoms with van der Waals surface area (Å²) in [4.78, 5) is 198. The van der Waals surface area contributed by atoms with Crippen LogP contribution in [0.3, 0.4) is 0 Å². The van der Waals surface area contributed by atoms with Crippen molar-refractivity contribution in [3.05, 3.63) is 156 Å². The number of aryl methyl sites for hydroxylation is 1. The number of pyridine rings is 1. The van der Waals surface area contributed by atoms with Gasteiger partial charge in [0.15, 0.2) is 12.4 Å². The normalized spacial score (nSPS) is 28.4. The van der Waals surface area contributed by atoms with E-state index in [4.69, 9.17) is 9.47 Å². The summed E-state index contributed by atoms with van der Waals surface area (Å²) < 4.78 is 13.4. The number of benzene rings is 3. The minimum absolute atomic E-state index is 0.0325. The molecular formula is C105H145N14O17S2+. The molecular weight excluding hydrogens is 1790 g/mol. The number of rotatable bonds is 30. The van der Waals surface area contributed by atoms with Crippen LogP contribution in [0, 0.1) is 58.2 Å². The number of aliphatic hydroxyl groups is 1. The number of allylic oxidation sites excluding steroid dienone is 3. The fourth-order valence-electron chi connectivity index (χ4n) is 22.8. The largest absolute Gasteiger partial charge is 0.508 e. The molecule has 12 amide bonds. The number of phenols is 1. The van der Waals surface area contributed by atoms with Crippen LogP contribution in [-0.2, 0) is 82.1 Å². The van der Waals surface area contributed by atoms with Gasteiger partial charge in [-0.3, -0.25) is 57.5 Å². The van der Waals surface area contributed by atoms with Crippen molar-refractivity contribution in [3.63, 3.8) is 0 Å². The smallest absolute Gasteiger partial charge is 0.407 e. The minimum atomic E-state index is -1.75. The quantitative estimate of drug-likeness (QED) is 0.00759. The molecule has 21 atom stereocenters. The van der Waals surface area contributed by atoms with Crippen LogP contribution in [-0.4, -0.2) is 219 Å². The van der Waals surface area contributed by atoms with E-state index in [2.05, 4.69) is 99.2 Å². The third-order valence-corrected chi connectivity index (χ3v) is 32.6. The number of hydrogen-bond donors (Lipinski definition) is 13. The summed E-state index contributed by atoms with van der Waals surface area (Å²) in [5, 5.41) is 55.2. The van der Waals surface area contributed by atoms with Gasteiger partial charge in [0, 0.05) is 62.4 Å². The number of aromatic hydroxyl groups is 1. The molecule has 21 unspecified atom stereocenters. The second-order valence-electron chi connectivity index (χ2n) is 42.0. The van der Waals surface area contributed by atoms with E-state index < -0.39 is 168 Å². The fourth-order valence-corrected chi connectivity index (χ4v) is 25.1. The molecule has 5 heterocycles. The summed E-state index contributed by atoms with van der Waals surface area (Å²) >= 11 is 0. The first kappa shape index (κ1) is 105. The van der Waals surface area contributed by atoms with Crippen molar-refractivity contribution in [1.29, 1.82) is 0 Å². The van der Waals surface area contributed by atoms with E-state index in [1.165, 1.54) is 91.5 Å². The van der Waals surface area contributed by atoms with E-state index in [1.807, 2.05) is 60.7 Å². The molecule has 4 aromatic rings. The number of alkyl carbamates (subject to hydrolysis) is 1. The van der Waals surface area contributed by atoms with Crippen LogP contribution >= 0.6 is 21.6 Å². The van der Waals surface area contributed by atoms with Crippen molar-refractivity contribution in [1.82, 2.24) is 68.3 Å². The van der Waals surface area contributed by atoms with Gasteiger partial charge in [-0.2, -0.15) is 0 Å². The van der Waals surface area contributed by atoms with E-state index in [9.17, 15) is 34.2 Å². The minimum Gasteiger partial charge on any atom is -0.508 e. The van der Waals surface area contributed by atoms with Gasteiger partial charge >= 0.3 is 12.1 Å². The number of carbonyl (C=O) groups is 13. The molecule has 33 heteroatoms. The summed E-state index contributed by atoms with van der Waals surface area (Å²) in [6.45, 7) is 21.8. The number of aliphatic hydroxyl groups excluding tert-OH is 1. The molecule has 3 saturated heterocycles. The van der Waals surface area contributed by atoms with Crippen molar-refractivity contribution in [3.8, 4) is 5.75 Å². The van der Waals surface area contributed by atoms with Crippen LogP contribution in [0.15, 0.2) is 139 Å². The van der Waals surface area contributed by atoms with Gasteiger partial charge in [-0.1, -0.05) is 180 Å². The lowest BCUT2D eigenvalue weighted by atomic mass is 9.47. The van der Waals surface area contributed by atoms with Crippen LogP contribution in [0.2, 0.25) is 0 Å². The highest BCUT2D eigenvalue weighted by molar-refractivity contribution is 8.76. The van der Waals surface area contributed by atoms with E-state index in [1.54, 1.807) is 83.0 Å². The van der Waals surface area contributed by atoms with Crippen molar-refractivity contribution >= 4 is 109 Å². The maximum atomic E-state index is 15.9. The van der Waals surface area contributed by atoms with Gasteiger partial charge in [0.2, 0.25) is 59.1 Å². The number of aromatic nitrogens is 1. The Labute approximate surface area is 819 Å². The topological polar surface area (TPSA) is 424 Å². The van der Waals surface area contributed by atoms with Gasteiger partial charge in [-0.25, -0.2) is 9.36 Å². The Balaban J connectivity index is 0.781. The number of hydrogen-bond acceptors (Lipinski definition) is 20. The maximum Gasteiger partial charge on any atom is 0.407 e. The van der Waals surface area contributed by atoms with Gasteiger partial charge in [0.1, 0.15) is 97.0 Å². The number of carbonyl (C=O) groups excluding carboxylic acids is 13. The number of nitrogens with zero attached hydrogens (tertiary/aromatic N) is 3. The molecule has 1 aromatic heterocycles. The monoisotopic (exact) mass is 1940 g/mol. The highest BCUT2D eigenvalue weighted by atomic mass is 33.1. The molecule has 13 N–H and O–H groups in total. The number of phenolic OH excluding ortho intramolecular Hbond substituents is 1. The molecule has 3 aromatic carbocycles. The number of fused-ring (bicyclic) bond motifs is 7. The van der Waals surface area contributed by atoms with Gasteiger partial charge < -0.3 is 88.0 Å². The Kier molecular flexibility index (Phi) is 35.6. The molecule has 0 radical (unpaired) electrons. The molecule has 6 fully saturated rings. The first-order chi connectivity index (χ1) is 65.8. The van der Waals surface area contributed by atoms with Crippen molar-refractivity contribution in [2.75, 3.05) is 37.7 Å². The average Bonchev–Trinajstić information content (AvgIpc) is 1.59. The van der Waals surface area contributed by atoms with Gasteiger partial charge in [0.25, 0.3) is 5.91 Å². The number of esters is 1. The Morgan fingerprint density at radius 2 is 1.36 bits per heavy atom. The van der Waals surface area contributed by atoms with Crippen LogP contribution < -0.4 is 63.1 Å². The summed E-state index contributed by atoms with van der Waals surface area (Å²) in [6.07, 6.45) is 25.6. The lowest BCUT2D eigenvalue weighted by molar-refractivity contribution is -0.671. The third-order valence-electron chi connectivity index (χ3n) is 30.1. The number of ether oxygens (including phenoxy) is 2. The highest BCUT2D eigenvalue weighted by Crippen LogP contribution is 2.67. The van der Waals surface area contributed by atoms with Crippen LogP contribution in [0.4, 0.5) is 4.79 Å². The van der Waals surface area contributed by atoms with Crippen LogP contribution in [0.5, 0.6) is 5.75 Å². The Hall–Kier alpha value is -10.8. The summed E-state index contributed by atoms with van der Waals surface area (Å²) in [7, 11) is 3.67. The lowest BCUT2D eigenvalue weighted by Gasteiger charge is -2.58. The fraction of sp³-hybridized carbons (Fsp3) is 0.600. The summed E-state index contributed by atoms with van der Waals surface area (Å²) in [5.74, 6) is -7.51. The third kappa shape index (κ3) is 26.5. The van der Waals surface area contributed by atoms with E-state index >= 15 is 38.4 Å². The predicted octanol–water partition coefficient (Wildman–Crippen LogP) is 9.51. The molecule has 748 valence electrons. The van der Waals surface area contributed by atoms with Crippen molar-refractivity contribution in [2.24, 2.45) is 65.2 Å². The summed E-state index contributed by atoms with van der Waals surface area (Å²) in [6, 6.07) is 7.57. The average molecular weight is 1940 g/mol. The SMILES string of the molecule is CC(C)CCCC(C)C1CCC2C3CC=C4CC(OC(=O)CNC(=O)C(NC(=O)C5CSSCC(NC(=O)C(Cc6ccc7ccccc7c6)NC(=O)C6CCCN6C(=O)C6CCCN6C(=O)c6ccc[n+](C)c6)C(=O)NC(Cc6ccc(O)cc6)C(=O)NC(CC6=CNC7C=CC=CC67)C(=O)NC(CCCCNC(=O)OC(C)(C)C)C(=O)NC(C(C)C)C(=O)N5)C(C)O)CCC4(C)C3CCC12C. The molecule has 9 aliphatic rings. The van der Waals surface area contributed by atoms with Gasteiger partial charge in [0.05, 0.1) is 12.1 Å². The predicted molar refractivity (Wildman–Crippen MR) is 528 cm³/mol. The van der Waals surface area contributed by atoms with Crippen LogP contribution in [0.25, 0.3) is 10.8 Å². The number of unbranched alkanes of at least 4 members (excludes halogenated alkanes) is 1. The summed E-state index contributed by atoms with van der Waals surface area (Å²) in [5.41, 5.74) is 2.87. The van der Waals surface area contributed by atoms with E-state index in [-0.39, 0.29) is 92.8 Å².